The maximum atomic E-state index is 11.4. The van der Waals surface area contributed by atoms with Gasteiger partial charge < -0.3 is 14.8 Å². The Kier molecular flexibility index (Phi) is 9.67. The van der Waals surface area contributed by atoms with Gasteiger partial charge in [-0.1, -0.05) is 24.3 Å². The zero-order chi connectivity index (χ0) is 16.1. The fourth-order valence-electron chi connectivity index (χ4n) is 1.24. The van der Waals surface area contributed by atoms with Crippen molar-refractivity contribution in [2.24, 2.45) is 4.99 Å². The Morgan fingerprint density at radius 2 is 1.95 bits per heavy atom. The van der Waals surface area contributed by atoms with Gasteiger partial charge in [-0.3, -0.25) is 0 Å². The van der Waals surface area contributed by atoms with E-state index in [1.54, 1.807) is 19.4 Å². The summed E-state index contributed by atoms with van der Waals surface area (Å²) in [4.78, 5) is 15.4. The first-order valence-electron chi connectivity index (χ1n) is 6.92. The van der Waals surface area contributed by atoms with Crippen LogP contribution in [0.1, 0.15) is 34.1 Å². The van der Waals surface area contributed by atoms with Crippen molar-refractivity contribution >= 4 is 12.3 Å². The van der Waals surface area contributed by atoms with Crippen LogP contribution in [0.15, 0.2) is 41.3 Å². The van der Waals surface area contributed by atoms with E-state index in [1.165, 1.54) is 0 Å². The quantitative estimate of drug-likeness (QED) is 0.338. The van der Waals surface area contributed by atoms with Crippen molar-refractivity contribution in [3.63, 3.8) is 0 Å². The van der Waals surface area contributed by atoms with Crippen LogP contribution in [-0.4, -0.2) is 31.6 Å². The third-order valence-corrected chi connectivity index (χ3v) is 2.04. The highest BCUT2D eigenvalue weighted by Crippen LogP contribution is 2.06. The molecule has 0 saturated carbocycles. The van der Waals surface area contributed by atoms with Gasteiger partial charge in [0.15, 0.2) is 0 Å². The monoisotopic (exact) mass is 294 g/mol. The largest absolute Gasteiger partial charge is 0.481 e. The van der Waals surface area contributed by atoms with E-state index in [4.69, 9.17) is 9.47 Å². The number of hydrogen-bond acceptors (Lipinski definition) is 4. The number of nitrogens with one attached hydrogen (secondary N) is 1. The number of allylic oxidation sites excluding steroid dienone is 4. The predicted molar refractivity (Wildman–Crippen MR) is 86.4 cm³/mol. The summed E-state index contributed by atoms with van der Waals surface area (Å²) in [6.45, 7) is 7.87. The normalized spacial score (nSPS) is 13.3. The van der Waals surface area contributed by atoms with E-state index in [0.29, 0.717) is 12.4 Å². The maximum Gasteiger partial charge on any atom is 0.407 e. The van der Waals surface area contributed by atoms with Crippen LogP contribution in [-0.2, 0) is 9.47 Å². The molecule has 5 nitrogen and oxygen atoms in total. The number of methoxy groups -OCH3 is 1. The lowest BCUT2D eigenvalue weighted by molar-refractivity contribution is 0.0529. The van der Waals surface area contributed by atoms with E-state index in [0.717, 1.165) is 6.42 Å². The van der Waals surface area contributed by atoms with E-state index in [2.05, 4.69) is 10.3 Å². The number of rotatable bonds is 7. The number of carbonyl (C=O) groups is 1. The molecular weight excluding hydrogens is 268 g/mol. The summed E-state index contributed by atoms with van der Waals surface area (Å²) in [6, 6.07) is 0. The van der Waals surface area contributed by atoms with Crippen LogP contribution >= 0.6 is 0 Å². The Bertz CT molecular complexity index is 416. The van der Waals surface area contributed by atoms with Gasteiger partial charge in [0, 0.05) is 18.8 Å². The molecule has 0 aliphatic rings. The molecule has 0 aromatic carbocycles. The SMILES string of the molecule is C/C=N/C(=C/C=C/C=C/CCNC(=O)OC(C)(C)C)OC. The fraction of sp³-hybridized carbons (Fsp3) is 0.500. The number of nitrogens with zero attached hydrogens (tertiary/aromatic N) is 1. The first-order chi connectivity index (χ1) is 9.89. The van der Waals surface area contributed by atoms with Crippen molar-refractivity contribution in [2.75, 3.05) is 13.7 Å². The van der Waals surface area contributed by atoms with Crippen molar-refractivity contribution in [3.05, 3.63) is 36.3 Å². The number of carbonyl (C=O) groups excluding carboxylic acids is 1. The second-order valence-electron chi connectivity index (χ2n) is 5.13. The number of ether oxygens (including phenoxy) is 2. The molecule has 0 aromatic rings. The van der Waals surface area contributed by atoms with Gasteiger partial charge in [0.25, 0.3) is 0 Å². The highest BCUT2D eigenvalue weighted by molar-refractivity contribution is 5.67. The number of alkyl carbamates (subject to hydrolysis) is 1. The van der Waals surface area contributed by atoms with Gasteiger partial charge in [-0.05, 0) is 34.1 Å². The van der Waals surface area contributed by atoms with Gasteiger partial charge in [-0.2, -0.15) is 0 Å². The molecule has 21 heavy (non-hydrogen) atoms. The van der Waals surface area contributed by atoms with Crippen LogP contribution < -0.4 is 5.32 Å². The van der Waals surface area contributed by atoms with Crippen LogP contribution in [0.4, 0.5) is 4.79 Å². The zero-order valence-electron chi connectivity index (χ0n) is 13.6. The minimum Gasteiger partial charge on any atom is -0.481 e. The molecule has 0 aliphatic heterocycles. The third kappa shape index (κ3) is 12.7. The second kappa shape index (κ2) is 10.7. The third-order valence-electron chi connectivity index (χ3n) is 2.04. The Labute approximate surface area is 127 Å². The van der Waals surface area contributed by atoms with E-state index in [-0.39, 0.29) is 0 Å². The molecule has 0 spiro atoms. The zero-order valence-corrected chi connectivity index (χ0v) is 13.6. The topological polar surface area (TPSA) is 59.9 Å². The van der Waals surface area contributed by atoms with Crippen LogP contribution in [0, 0.1) is 0 Å². The first kappa shape index (κ1) is 19.0. The van der Waals surface area contributed by atoms with E-state index in [9.17, 15) is 4.79 Å². The van der Waals surface area contributed by atoms with E-state index in [1.807, 2.05) is 52.0 Å². The molecule has 0 unspecified atom stereocenters. The molecular formula is C16H26N2O3. The van der Waals surface area contributed by atoms with Gasteiger partial charge in [-0.25, -0.2) is 9.79 Å². The van der Waals surface area contributed by atoms with E-state index >= 15 is 0 Å². The standard InChI is InChI=1S/C16H26N2O3/c1-6-17-14(20-5)12-10-8-7-9-11-13-18-15(19)21-16(2,3)4/h6-10,12H,11,13H2,1-5H3,(H,18,19)/b9-7+,10-8+,14-12-,17-6+. The van der Waals surface area contributed by atoms with Crippen molar-refractivity contribution in [2.45, 2.75) is 39.7 Å². The molecule has 5 heteroatoms. The predicted octanol–water partition coefficient (Wildman–Crippen LogP) is 3.59. The summed E-state index contributed by atoms with van der Waals surface area (Å²) in [5.41, 5.74) is -0.463. The van der Waals surface area contributed by atoms with Crippen LogP contribution in [0.25, 0.3) is 0 Å². The van der Waals surface area contributed by atoms with Crippen molar-refractivity contribution in [1.29, 1.82) is 0 Å². The molecule has 1 amide bonds. The average molecular weight is 294 g/mol. The molecule has 0 radical (unpaired) electrons. The van der Waals surface area contributed by atoms with Crippen LogP contribution in [0.2, 0.25) is 0 Å². The Hall–Kier alpha value is -2.04. The van der Waals surface area contributed by atoms with Crippen LogP contribution in [0.3, 0.4) is 0 Å². The average Bonchev–Trinajstić information content (AvgIpc) is 2.38. The van der Waals surface area contributed by atoms with Gasteiger partial charge in [0.05, 0.1) is 7.11 Å². The summed E-state index contributed by atoms with van der Waals surface area (Å²) in [6.07, 6.45) is 11.3. The molecule has 118 valence electrons. The Morgan fingerprint density at radius 1 is 1.24 bits per heavy atom. The number of aliphatic imine (C=N–C) groups is 1. The molecule has 1 N–H and O–H groups in total. The first-order valence-corrected chi connectivity index (χ1v) is 6.92. The highest BCUT2D eigenvalue weighted by Gasteiger charge is 2.14. The molecule has 0 aliphatic carbocycles. The molecule has 0 bridgehead atoms. The molecule has 0 fully saturated rings. The number of amides is 1. The summed E-state index contributed by atoms with van der Waals surface area (Å²) in [7, 11) is 1.57. The van der Waals surface area contributed by atoms with Crippen molar-refractivity contribution < 1.29 is 14.3 Å². The van der Waals surface area contributed by atoms with E-state index < -0.39 is 11.7 Å². The van der Waals surface area contributed by atoms with Crippen molar-refractivity contribution in [1.82, 2.24) is 5.32 Å². The summed E-state index contributed by atoms with van der Waals surface area (Å²) in [5.74, 6) is 0.550. The van der Waals surface area contributed by atoms with Crippen LogP contribution in [0.5, 0.6) is 0 Å². The fourth-order valence-corrected chi connectivity index (χ4v) is 1.24. The lowest BCUT2D eigenvalue weighted by Crippen LogP contribution is -2.32. The Balaban J connectivity index is 3.91. The van der Waals surface area contributed by atoms with Gasteiger partial charge in [0.1, 0.15) is 5.60 Å². The Morgan fingerprint density at radius 3 is 2.52 bits per heavy atom. The minimum absolute atomic E-state index is 0.392. The molecule has 0 atom stereocenters. The molecule has 0 rings (SSSR count). The van der Waals surface area contributed by atoms with Gasteiger partial charge in [0.2, 0.25) is 5.88 Å². The van der Waals surface area contributed by atoms with Gasteiger partial charge >= 0.3 is 6.09 Å². The second-order valence-corrected chi connectivity index (χ2v) is 5.13. The highest BCUT2D eigenvalue weighted by atomic mass is 16.6. The lowest BCUT2D eigenvalue weighted by Gasteiger charge is -2.19. The van der Waals surface area contributed by atoms with Gasteiger partial charge in [-0.15, -0.1) is 0 Å². The smallest absolute Gasteiger partial charge is 0.407 e. The number of hydrogen-bond donors (Lipinski definition) is 1. The molecule has 0 saturated heterocycles. The molecule has 0 aromatic heterocycles. The lowest BCUT2D eigenvalue weighted by atomic mass is 10.2. The summed E-state index contributed by atoms with van der Waals surface area (Å²) in [5, 5.41) is 2.69. The van der Waals surface area contributed by atoms with Crippen molar-refractivity contribution in [3.8, 4) is 0 Å². The summed E-state index contributed by atoms with van der Waals surface area (Å²) >= 11 is 0. The molecule has 0 heterocycles. The summed E-state index contributed by atoms with van der Waals surface area (Å²) < 4.78 is 10.1. The maximum absolute atomic E-state index is 11.4. The minimum atomic E-state index is -0.463.